The monoisotopic (exact) mass is 314 g/mol. The first-order valence-corrected chi connectivity index (χ1v) is 9.10. The molecule has 1 fully saturated rings. The Hall–Kier alpha value is -0.920. The van der Waals surface area contributed by atoms with Gasteiger partial charge in [0.25, 0.3) is 0 Å². The number of sulfonamides is 1. The zero-order valence-corrected chi connectivity index (χ0v) is 13.9. The molecule has 1 heterocycles. The van der Waals surface area contributed by atoms with Gasteiger partial charge in [-0.3, -0.25) is 5.10 Å². The van der Waals surface area contributed by atoms with E-state index >= 15 is 0 Å². The quantitative estimate of drug-likeness (QED) is 0.715. The Kier molecular flexibility index (Phi) is 5.06. The van der Waals surface area contributed by atoms with Crippen LogP contribution in [-0.2, 0) is 16.6 Å². The van der Waals surface area contributed by atoms with Gasteiger partial charge in [-0.2, -0.15) is 5.10 Å². The van der Waals surface area contributed by atoms with Crippen molar-refractivity contribution >= 4 is 10.0 Å². The Bertz CT molecular complexity index is 574. The molecule has 0 unspecified atom stereocenters. The maximum Gasteiger partial charge on any atom is 0.244 e. The second-order valence-corrected chi connectivity index (χ2v) is 7.74. The Balaban J connectivity index is 2.17. The van der Waals surface area contributed by atoms with Gasteiger partial charge >= 0.3 is 0 Å². The lowest BCUT2D eigenvalue weighted by Crippen LogP contribution is -2.36. The maximum absolute atomic E-state index is 12.6. The first-order chi connectivity index (χ1) is 9.94. The normalized spacial score (nSPS) is 18.2. The minimum absolute atomic E-state index is 0.133. The van der Waals surface area contributed by atoms with Crippen molar-refractivity contribution in [3.05, 3.63) is 11.4 Å². The van der Waals surface area contributed by atoms with Gasteiger partial charge in [0.15, 0.2) is 0 Å². The molecule has 0 saturated heterocycles. The largest absolute Gasteiger partial charge is 0.314 e. The lowest BCUT2D eigenvalue weighted by atomic mass is 9.84. The summed E-state index contributed by atoms with van der Waals surface area (Å²) in [5.41, 5.74) is 1.26. The van der Waals surface area contributed by atoms with Crippen molar-refractivity contribution in [3.8, 4) is 0 Å². The summed E-state index contributed by atoms with van der Waals surface area (Å²) in [5.74, 6) is 0. The molecule has 1 aliphatic rings. The van der Waals surface area contributed by atoms with Gasteiger partial charge in [-0.15, -0.1) is 0 Å². The first-order valence-electron chi connectivity index (χ1n) is 7.62. The van der Waals surface area contributed by atoms with E-state index in [1.807, 2.05) is 0 Å². The Morgan fingerprint density at radius 2 is 2.00 bits per heavy atom. The molecule has 0 amide bonds. The molecule has 120 valence electrons. The summed E-state index contributed by atoms with van der Waals surface area (Å²) in [4.78, 5) is 0.293. The summed E-state index contributed by atoms with van der Waals surface area (Å²) in [6.45, 7) is 4.84. The SMILES string of the molecule is CCC1(CNS(=O)(=O)c2c(CNC)n[nH]c2C)CCCC1. The molecule has 1 saturated carbocycles. The second kappa shape index (κ2) is 6.46. The maximum atomic E-state index is 12.6. The van der Waals surface area contributed by atoms with E-state index in [1.54, 1.807) is 14.0 Å². The third-order valence-corrected chi connectivity index (χ3v) is 6.23. The van der Waals surface area contributed by atoms with Gasteiger partial charge in [-0.05, 0) is 38.6 Å². The molecule has 0 aliphatic heterocycles. The van der Waals surface area contributed by atoms with Gasteiger partial charge in [0.2, 0.25) is 10.0 Å². The van der Waals surface area contributed by atoms with E-state index in [9.17, 15) is 8.42 Å². The zero-order valence-electron chi connectivity index (χ0n) is 13.1. The highest BCUT2D eigenvalue weighted by Gasteiger charge is 2.34. The molecular weight excluding hydrogens is 288 g/mol. The van der Waals surface area contributed by atoms with Crippen molar-refractivity contribution < 1.29 is 8.42 Å². The highest BCUT2D eigenvalue weighted by atomic mass is 32.2. The van der Waals surface area contributed by atoms with E-state index in [-0.39, 0.29) is 5.41 Å². The number of hydrogen-bond acceptors (Lipinski definition) is 4. The topological polar surface area (TPSA) is 86.9 Å². The average Bonchev–Trinajstić information content (AvgIpc) is 3.05. The van der Waals surface area contributed by atoms with E-state index in [0.717, 1.165) is 19.3 Å². The van der Waals surface area contributed by atoms with Crippen molar-refractivity contribution in [1.29, 1.82) is 0 Å². The molecule has 3 N–H and O–H groups in total. The Morgan fingerprint density at radius 3 is 2.57 bits per heavy atom. The van der Waals surface area contributed by atoms with Crippen molar-refractivity contribution in [2.45, 2.75) is 57.4 Å². The predicted octanol–water partition coefficient (Wildman–Crippen LogP) is 1.69. The number of rotatable bonds is 7. The predicted molar refractivity (Wildman–Crippen MR) is 82.5 cm³/mol. The molecule has 1 aromatic rings. The molecule has 0 atom stereocenters. The van der Waals surface area contributed by atoms with Crippen molar-refractivity contribution in [2.24, 2.45) is 5.41 Å². The van der Waals surface area contributed by atoms with Crippen LogP contribution in [0, 0.1) is 12.3 Å². The summed E-state index contributed by atoms with van der Waals surface area (Å²) >= 11 is 0. The molecular formula is C14H26N4O2S. The Labute approximate surface area is 127 Å². The van der Waals surface area contributed by atoms with Crippen molar-refractivity contribution in [2.75, 3.05) is 13.6 Å². The van der Waals surface area contributed by atoms with Crippen molar-refractivity contribution in [1.82, 2.24) is 20.2 Å². The number of nitrogens with one attached hydrogen (secondary N) is 3. The molecule has 0 spiro atoms. The molecule has 21 heavy (non-hydrogen) atoms. The fourth-order valence-corrected chi connectivity index (χ4v) is 4.73. The molecule has 1 aromatic heterocycles. The summed E-state index contributed by atoms with van der Waals surface area (Å²) in [6.07, 6.45) is 5.64. The number of aromatic amines is 1. The minimum atomic E-state index is -3.52. The third kappa shape index (κ3) is 3.46. The van der Waals surface area contributed by atoms with Crippen LogP contribution in [0.1, 0.15) is 50.4 Å². The van der Waals surface area contributed by atoms with Gasteiger partial charge in [0, 0.05) is 13.1 Å². The van der Waals surface area contributed by atoms with E-state index in [0.29, 0.717) is 29.4 Å². The second-order valence-electron chi connectivity index (χ2n) is 6.04. The number of nitrogens with zero attached hydrogens (tertiary/aromatic N) is 1. The van der Waals surface area contributed by atoms with Gasteiger partial charge < -0.3 is 5.32 Å². The molecule has 0 radical (unpaired) electrons. The van der Waals surface area contributed by atoms with E-state index in [1.165, 1.54) is 12.8 Å². The summed E-state index contributed by atoms with van der Waals surface area (Å²) < 4.78 is 28.1. The van der Waals surface area contributed by atoms with Crippen LogP contribution in [0.25, 0.3) is 0 Å². The molecule has 1 aliphatic carbocycles. The van der Waals surface area contributed by atoms with Gasteiger partial charge in [-0.1, -0.05) is 19.8 Å². The van der Waals surface area contributed by atoms with E-state index in [4.69, 9.17) is 0 Å². The zero-order chi connectivity index (χ0) is 15.5. The average molecular weight is 314 g/mol. The van der Waals surface area contributed by atoms with Crippen LogP contribution >= 0.6 is 0 Å². The minimum Gasteiger partial charge on any atom is -0.314 e. The van der Waals surface area contributed by atoms with Crippen LogP contribution in [0.5, 0.6) is 0 Å². The van der Waals surface area contributed by atoms with E-state index < -0.39 is 10.0 Å². The van der Waals surface area contributed by atoms with Crippen LogP contribution in [-0.4, -0.2) is 32.2 Å². The lowest BCUT2D eigenvalue weighted by molar-refractivity contribution is 0.285. The number of aromatic nitrogens is 2. The lowest BCUT2D eigenvalue weighted by Gasteiger charge is -2.27. The molecule has 2 rings (SSSR count). The molecule has 7 heteroatoms. The fraction of sp³-hybridized carbons (Fsp3) is 0.786. The van der Waals surface area contributed by atoms with Gasteiger partial charge in [0.05, 0.1) is 11.4 Å². The Morgan fingerprint density at radius 1 is 1.33 bits per heavy atom. The van der Waals surface area contributed by atoms with E-state index in [2.05, 4.69) is 27.2 Å². The highest BCUT2D eigenvalue weighted by Crippen LogP contribution is 2.40. The smallest absolute Gasteiger partial charge is 0.244 e. The summed E-state index contributed by atoms with van der Waals surface area (Å²) in [6, 6.07) is 0. The van der Waals surface area contributed by atoms with Gasteiger partial charge in [-0.25, -0.2) is 13.1 Å². The number of hydrogen-bond donors (Lipinski definition) is 3. The first kappa shape index (κ1) is 16.5. The van der Waals surface area contributed by atoms with Gasteiger partial charge in [0.1, 0.15) is 4.90 Å². The number of aryl methyl sites for hydroxylation is 1. The fourth-order valence-electron chi connectivity index (χ4n) is 3.21. The van der Waals surface area contributed by atoms with Crippen LogP contribution in [0.15, 0.2) is 4.90 Å². The standard InChI is InChI=1S/C14H26N4O2S/c1-4-14(7-5-6-8-14)10-16-21(19,20)13-11(2)17-18-12(13)9-15-3/h15-16H,4-10H2,1-3H3,(H,17,18). The summed E-state index contributed by atoms with van der Waals surface area (Å²) in [7, 11) is -1.74. The molecule has 6 nitrogen and oxygen atoms in total. The summed E-state index contributed by atoms with van der Waals surface area (Å²) in [5, 5.41) is 9.80. The van der Waals surface area contributed by atoms with Crippen LogP contribution in [0.4, 0.5) is 0 Å². The van der Waals surface area contributed by atoms with Crippen molar-refractivity contribution in [3.63, 3.8) is 0 Å². The highest BCUT2D eigenvalue weighted by molar-refractivity contribution is 7.89. The van der Waals surface area contributed by atoms with Crippen LogP contribution in [0.2, 0.25) is 0 Å². The van der Waals surface area contributed by atoms with Crippen LogP contribution < -0.4 is 10.0 Å². The number of H-pyrrole nitrogens is 1. The molecule has 0 bridgehead atoms. The third-order valence-electron chi connectivity index (χ3n) is 4.63. The van der Waals surface area contributed by atoms with Crippen LogP contribution in [0.3, 0.4) is 0 Å². The molecule has 0 aromatic carbocycles.